The van der Waals surface area contributed by atoms with Crippen LogP contribution < -0.4 is 10.1 Å². The first-order valence-electron chi connectivity index (χ1n) is 10.2. The molecule has 156 valence electrons. The molecule has 0 spiro atoms. The predicted molar refractivity (Wildman–Crippen MR) is 121 cm³/mol. The first-order valence-corrected chi connectivity index (χ1v) is 11.0. The van der Waals surface area contributed by atoms with Gasteiger partial charge in [-0.2, -0.15) is 4.37 Å². The molecule has 0 saturated carbocycles. The first kappa shape index (κ1) is 20.6. The van der Waals surface area contributed by atoms with Crippen molar-refractivity contribution in [1.29, 1.82) is 0 Å². The van der Waals surface area contributed by atoms with Crippen LogP contribution in [0.1, 0.15) is 28.2 Å². The number of ether oxygens (including phenoxy) is 2. The Hall–Kier alpha value is -2.70. The van der Waals surface area contributed by atoms with Crippen LogP contribution in [-0.2, 0) is 4.74 Å². The second-order valence-corrected chi connectivity index (χ2v) is 8.47. The molecule has 1 saturated heterocycles. The first-order chi connectivity index (χ1) is 14.7. The van der Waals surface area contributed by atoms with Crippen LogP contribution in [-0.4, -0.2) is 36.5 Å². The highest BCUT2D eigenvalue weighted by Crippen LogP contribution is 2.33. The number of aryl methyl sites for hydroxylation is 1. The number of methoxy groups -OCH3 is 1. The fourth-order valence-corrected chi connectivity index (χ4v) is 4.69. The molecule has 4 rings (SSSR count). The van der Waals surface area contributed by atoms with Gasteiger partial charge < -0.3 is 14.8 Å². The van der Waals surface area contributed by atoms with Crippen molar-refractivity contribution in [2.24, 2.45) is 5.92 Å². The van der Waals surface area contributed by atoms with Crippen molar-refractivity contribution < 1.29 is 14.3 Å². The molecule has 2 heterocycles. The molecular weight excluding hydrogens is 396 g/mol. The van der Waals surface area contributed by atoms with Gasteiger partial charge >= 0.3 is 0 Å². The zero-order valence-electron chi connectivity index (χ0n) is 17.3. The molecule has 3 aromatic rings. The van der Waals surface area contributed by atoms with Crippen molar-refractivity contribution in [2.45, 2.75) is 25.8 Å². The Balaban J connectivity index is 1.69. The average Bonchev–Trinajstić information content (AvgIpc) is 3.19. The predicted octanol–water partition coefficient (Wildman–Crippen LogP) is 5.22. The number of ketones is 1. The Bertz CT molecular complexity index is 997. The van der Waals surface area contributed by atoms with Crippen LogP contribution in [0.15, 0.2) is 54.6 Å². The molecule has 1 unspecified atom stereocenters. The van der Waals surface area contributed by atoms with E-state index in [1.54, 1.807) is 7.11 Å². The van der Waals surface area contributed by atoms with E-state index in [0.717, 1.165) is 40.3 Å². The second-order valence-electron chi connectivity index (χ2n) is 7.50. The van der Waals surface area contributed by atoms with E-state index in [1.807, 2.05) is 61.5 Å². The molecule has 0 bridgehead atoms. The van der Waals surface area contributed by atoms with Gasteiger partial charge in [-0.05, 0) is 54.9 Å². The van der Waals surface area contributed by atoms with E-state index in [2.05, 4.69) is 9.69 Å². The summed E-state index contributed by atoms with van der Waals surface area (Å²) in [6.45, 7) is 3.38. The van der Waals surface area contributed by atoms with Crippen molar-refractivity contribution >= 4 is 23.0 Å². The Morgan fingerprint density at radius 1 is 1.17 bits per heavy atom. The van der Waals surface area contributed by atoms with Crippen molar-refractivity contribution in [2.75, 3.05) is 25.6 Å². The van der Waals surface area contributed by atoms with Gasteiger partial charge in [0.15, 0.2) is 0 Å². The maximum Gasteiger partial charge on any atom is 0.205 e. The summed E-state index contributed by atoms with van der Waals surface area (Å²) in [5.41, 5.74) is 3.39. The van der Waals surface area contributed by atoms with Gasteiger partial charge in [0, 0.05) is 35.4 Å². The Kier molecular flexibility index (Phi) is 6.45. The lowest BCUT2D eigenvalue weighted by atomic mass is 9.86. The van der Waals surface area contributed by atoms with E-state index in [9.17, 15) is 4.79 Å². The minimum atomic E-state index is -0.370. The lowest BCUT2D eigenvalue weighted by Gasteiger charge is -2.30. The number of carbonyl (C=O) groups excluding carboxylic acids is 1. The molecule has 2 aromatic carbocycles. The van der Waals surface area contributed by atoms with Crippen molar-refractivity contribution in [1.82, 2.24) is 4.37 Å². The molecule has 6 heteroatoms. The van der Waals surface area contributed by atoms with Crippen LogP contribution >= 0.6 is 11.5 Å². The summed E-state index contributed by atoms with van der Waals surface area (Å²) >= 11 is 1.39. The number of Topliss-reactive ketones (excluding diaryl/α,β-unsaturated/α-hetero) is 1. The lowest BCUT2D eigenvalue weighted by Crippen LogP contribution is -2.40. The number of hydrogen-bond donors (Lipinski definition) is 1. The zero-order valence-corrected chi connectivity index (χ0v) is 18.1. The largest absolute Gasteiger partial charge is 0.497 e. The molecule has 1 aliphatic rings. The van der Waals surface area contributed by atoms with Crippen LogP contribution in [0.25, 0.3) is 11.1 Å². The minimum Gasteiger partial charge on any atom is -0.497 e. The van der Waals surface area contributed by atoms with Gasteiger partial charge in [0.1, 0.15) is 11.4 Å². The Morgan fingerprint density at radius 3 is 2.67 bits per heavy atom. The highest BCUT2D eigenvalue weighted by atomic mass is 32.1. The number of carbonyl (C=O) groups is 1. The molecule has 1 aliphatic heterocycles. The lowest BCUT2D eigenvalue weighted by molar-refractivity contribution is 0.0564. The summed E-state index contributed by atoms with van der Waals surface area (Å²) in [7, 11) is 1.64. The standard InChI is InChI=1S/C24H26N2O3S/c1-16-21(17-7-4-3-5-8-17)23(26-30-16)24(27)22(18-11-13-29-14-12-18)25-19-9-6-10-20(15-19)28-2/h3-10,15,18,22,25H,11-14H2,1-2H3. The summed E-state index contributed by atoms with van der Waals surface area (Å²) < 4.78 is 15.5. The summed E-state index contributed by atoms with van der Waals surface area (Å²) in [4.78, 5) is 14.9. The second kappa shape index (κ2) is 9.41. The summed E-state index contributed by atoms with van der Waals surface area (Å²) in [6, 6.07) is 17.4. The number of rotatable bonds is 7. The van der Waals surface area contributed by atoms with Gasteiger partial charge in [0.25, 0.3) is 0 Å². The minimum absolute atomic E-state index is 0.0351. The van der Waals surface area contributed by atoms with Crippen molar-refractivity contribution in [3.63, 3.8) is 0 Å². The van der Waals surface area contributed by atoms with Crippen LogP contribution in [0, 0.1) is 12.8 Å². The summed E-state index contributed by atoms with van der Waals surface area (Å²) in [6.07, 6.45) is 1.69. The van der Waals surface area contributed by atoms with Gasteiger partial charge in [-0.15, -0.1) is 0 Å². The zero-order chi connectivity index (χ0) is 20.9. The molecule has 0 aliphatic carbocycles. The maximum absolute atomic E-state index is 13.8. The molecule has 0 radical (unpaired) electrons. The number of anilines is 1. The number of nitrogens with zero attached hydrogens (tertiary/aromatic N) is 1. The van der Waals surface area contributed by atoms with Gasteiger partial charge in [-0.25, -0.2) is 0 Å². The number of hydrogen-bond acceptors (Lipinski definition) is 6. The van der Waals surface area contributed by atoms with E-state index in [1.165, 1.54) is 11.5 Å². The molecule has 30 heavy (non-hydrogen) atoms. The van der Waals surface area contributed by atoms with E-state index in [0.29, 0.717) is 18.9 Å². The van der Waals surface area contributed by atoms with Gasteiger partial charge in [-0.3, -0.25) is 4.79 Å². The van der Waals surface area contributed by atoms with E-state index < -0.39 is 0 Å². The number of benzene rings is 2. The number of aromatic nitrogens is 1. The topological polar surface area (TPSA) is 60.5 Å². The average molecular weight is 423 g/mol. The fraction of sp³-hybridized carbons (Fsp3) is 0.333. The Morgan fingerprint density at radius 2 is 1.93 bits per heavy atom. The maximum atomic E-state index is 13.8. The van der Waals surface area contributed by atoms with Crippen molar-refractivity contribution in [3.8, 4) is 16.9 Å². The van der Waals surface area contributed by atoms with Crippen LogP contribution in [0.5, 0.6) is 5.75 Å². The monoisotopic (exact) mass is 422 g/mol. The van der Waals surface area contributed by atoms with Gasteiger partial charge in [0.2, 0.25) is 5.78 Å². The number of nitrogens with one attached hydrogen (secondary N) is 1. The quantitative estimate of drug-likeness (QED) is 0.529. The third-order valence-corrected chi connectivity index (χ3v) is 6.32. The van der Waals surface area contributed by atoms with E-state index in [-0.39, 0.29) is 17.7 Å². The van der Waals surface area contributed by atoms with Crippen LogP contribution in [0.3, 0.4) is 0 Å². The van der Waals surface area contributed by atoms with E-state index in [4.69, 9.17) is 9.47 Å². The van der Waals surface area contributed by atoms with Crippen LogP contribution in [0.2, 0.25) is 0 Å². The molecule has 0 amide bonds. The normalized spacial score (nSPS) is 15.5. The Labute approximate surface area is 181 Å². The van der Waals surface area contributed by atoms with Crippen LogP contribution in [0.4, 0.5) is 5.69 Å². The van der Waals surface area contributed by atoms with E-state index >= 15 is 0 Å². The van der Waals surface area contributed by atoms with Gasteiger partial charge in [-0.1, -0.05) is 36.4 Å². The summed E-state index contributed by atoms with van der Waals surface area (Å²) in [5.74, 6) is 0.976. The molecule has 1 aromatic heterocycles. The molecule has 1 N–H and O–H groups in total. The molecule has 1 atom stereocenters. The highest BCUT2D eigenvalue weighted by molar-refractivity contribution is 7.06. The molecule has 5 nitrogen and oxygen atoms in total. The fourth-order valence-electron chi connectivity index (χ4n) is 3.97. The van der Waals surface area contributed by atoms with Gasteiger partial charge in [0.05, 0.1) is 13.2 Å². The molecular formula is C24H26N2O3S. The van der Waals surface area contributed by atoms with Crippen molar-refractivity contribution in [3.05, 3.63) is 65.2 Å². The molecule has 1 fully saturated rings. The highest BCUT2D eigenvalue weighted by Gasteiger charge is 2.33. The third kappa shape index (κ3) is 4.40. The summed E-state index contributed by atoms with van der Waals surface area (Å²) in [5, 5.41) is 3.49. The smallest absolute Gasteiger partial charge is 0.205 e. The third-order valence-electron chi connectivity index (χ3n) is 5.57. The SMILES string of the molecule is COc1cccc(NC(C(=O)c2nsc(C)c2-c2ccccc2)C2CCOCC2)c1.